The molecule has 13 heavy (non-hydrogen) atoms. The maximum absolute atomic E-state index is 13.8. The van der Waals surface area contributed by atoms with Crippen LogP contribution in [0.4, 0.5) is 4.39 Å². The smallest absolute Gasteiger partial charge is 0.320 e. The maximum atomic E-state index is 13.8. The second-order valence-electron chi connectivity index (χ2n) is 3.86. The van der Waals surface area contributed by atoms with E-state index in [9.17, 15) is 9.18 Å². The van der Waals surface area contributed by atoms with Crippen LogP contribution < -0.4 is 5.32 Å². The lowest BCUT2D eigenvalue weighted by molar-refractivity contribution is -0.139. The van der Waals surface area contributed by atoms with E-state index in [0.29, 0.717) is 0 Å². The Morgan fingerprint density at radius 1 is 1.77 bits per heavy atom. The molecule has 0 aliphatic carbocycles. The predicted molar refractivity (Wildman–Crippen MR) is 46.4 cm³/mol. The zero-order chi connectivity index (χ0) is 10.1. The number of carboxylic acids is 1. The van der Waals surface area contributed by atoms with E-state index in [-0.39, 0.29) is 19.5 Å². The molecule has 0 spiro atoms. The normalized spacial score (nSPS) is 34.0. The highest BCUT2D eigenvalue weighted by atomic mass is 19.1. The monoisotopic (exact) mass is 190 g/mol. The fourth-order valence-electron chi connectivity index (χ4n) is 1.68. The van der Waals surface area contributed by atoms with Gasteiger partial charge < -0.3 is 15.3 Å². The molecule has 76 valence electrons. The predicted octanol–water partition coefficient (Wildman–Crippen LogP) is -0.297. The molecule has 0 aromatic heterocycles. The van der Waals surface area contributed by atoms with Gasteiger partial charge in [0.05, 0.1) is 0 Å². The molecule has 1 aliphatic rings. The van der Waals surface area contributed by atoms with Crippen molar-refractivity contribution in [2.45, 2.75) is 18.1 Å². The average molecular weight is 190 g/mol. The van der Waals surface area contributed by atoms with Crippen LogP contribution in [-0.4, -0.2) is 54.9 Å². The summed E-state index contributed by atoms with van der Waals surface area (Å²) in [4.78, 5) is 12.3. The summed E-state index contributed by atoms with van der Waals surface area (Å²) in [5, 5.41) is 11.3. The second-order valence-corrected chi connectivity index (χ2v) is 3.86. The van der Waals surface area contributed by atoms with E-state index < -0.39 is 17.7 Å². The number of carboxylic acid groups (broad SMARTS) is 1. The topological polar surface area (TPSA) is 52.6 Å². The number of hydrogen-bond donors (Lipinski definition) is 2. The highest BCUT2D eigenvalue weighted by molar-refractivity contribution is 5.74. The van der Waals surface area contributed by atoms with Gasteiger partial charge in [0.15, 0.2) is 0 Å². The van der Waals surface area contributed by atoms with Crippen LogP contribution in [-0.2, 0) is 4.79 Å². The maximum Gasteiger partial charge on any atom is 0.320 e. The van der Waals surface area contributed by atoms with Gasteiger partial charge in [-0.1, -0.05) is 0 Å². The first-order valence-electron chi connectivity index (χ1n) is 4.23. The van der Waals surface area contributed by atoms with E-state index >= 15 is 0 Å². The summed E-state index contributed by atoms with van der Waals surface area (Å²) >= 11 is 0. The Morgan fingerprint density at radius 2 is 2.38 bits per heavy atom. The van der Waals surface area contributed by atoms with Gasteiger partial charge in [-0.05, 0) is 14.1 Å². The van der Waals surface area contributed by atoms with Crippen molar-refractivity contribution in [2.24, 2.45) is 0 Å². The number of carbonyl (C=O) groups is 1. The molecule has 0 amide bonds. The van der Waals surface area contributed by atoms with Crippen molar-refractivity contribution in [3.63, 3.8) is 0 Å². The molecule has 0 radical (unpaired) electrons. The number of halogens is 1. The van der Waals surface area contributed by atoms with Crippen LogP contribution in [0.5, 0.6) is 0 Å². The lowest BCUT2D eigenvalue weighted by Gasteiger charge is -2.22. The standard InChI is InChI=1S/C8H15FN2O2/c1-11(2)5-8(9)3-6(7(12)13)10-4-8/h6,10H,3-5H2,1-2H3,(H,12,13)/t6-,8+/m0/s1. The number of rotatable bonds is 3. The Bertz CT molecular complexity index is 210. The van der Waals surface area contributed by atoms with Crippen molar-refractivity contribution in [1.29, 1.82) is 0 Å². The number of aliphatic carboxylic acids is 1. The van der Waals surface area contributed by atoms with Crippen LogP contribution in [0.15, 0.2) is 0 Å². The molecule has 1 aliphatic heterocycles. The number of nitrogens with zero attached hydrogens (tertiary/aromatic N) is 1. The Labute approximate surface area is 76.7 Å². The van der Waals surface area contributed by atoms with E-state index in [0.717, 1.165) is 0 Å². The molecule has 1 rings (SSSR count). The molecular weight excluding hydrogens is 175 g/mol. The third-order valence-corrected chi connectivity index (χ3v) is 2.13. The van der Waals surface area contributed by atoms with E-state index in [1.54, 1.807) is 19.0 Å². The van der Waals surface area contributed by atoms with Crippen LogP contribution in [0.2, 0.25) is 0 Å². The van der Waals surface area contributed by atoms with Crippen LogP contribution in [0.1, 0.15) is 6.42 Å². The molecule has 2 atom stereocenters. The number of nitrogens with one attached hydrogen (secondary N) is 1. The molecule has 1 saturated heterocycles. The van der Waals surface area contributed by atoms with Gasteiger partial charge in [0, 0.05) is 19.5 Å². The minimum atomic E-state index is -1.40. The molecule has 1 fully saturated rings. The summed E-state index contributed by atoms with van der Waals surface area (Å²) in [6.07, 6.45) is 0.0561. The Hall–Kier alpha value is -0.680. The average Bonchev–Trinajstić information content (AvgIpc) is 2.29. The third-order valence-electron chi connectivity index (χ3n) is 2.13. The first-order chi connectivity index (χ1) is 5.93. The van der Waals surface area contributed by atoms with Crippen LogP contribution in [0.3, 0.4) is 0 Å². The Balaban J connectivity index is 2.51. The highest BCUT2D eigenvalue weighted by Crippen LogP contribution is 2.24. The molecule has 2 N–H and O–H groups in total. The molecule has 0 bridgehead atoms. The van der Waals surface area contributed by atoms with Gasteiger partial charge in [0.2, 0.25) is 0 Å². The molecule has 0 saturated carbocycles. The Kier molecular flexibility index (Phi) is 2.87. The van der Waals surface area contributed by atoms with Crippen LogP contribution in [0, 0.1) is 0 Å². The second kappa shape index (κ2) is 3.59. The summed E-state index contributed by atoms with van der Waals surface area (Å²) in [5.41, 5.74) is -1.40. The largest absolute Gasteiger partial charge is 0.480 e. The van der Waals surface area contributed by atoms with Gasteiger partial charge in [-0.3, -0.25) is 4.79 Å². The fourth-order valence-corrected chi connectivity index (χ4v) is 1.68. The summed E-state index contributed by atoms with van der Waals surface area (Å²) in [6.45, 7) is 0.395. The zero-order valence-corrected chi connectivity index (χ0v) is 7.88. The molecule has 4 nitrogen and oxygen atoms in total. The van der Waals surface area contributed by atoms with Gasteiger partial charge in [-0.15, -0.1) is 0 Å². The van der Waals surface area contributed by atoms with Gasteiger partial charge in [0.25, 0.3) is 0 Å². The molecule has 5 heteroatoms. The molecule has 0 unspecified atom stereocenters. The lowest BCUT2D eigenvalue weighted by Crippen LogP contribution is -2.37. The minimum absolute atomic E-state index is 0.0561. The van der Waals surface area contributed by atoms with E-state index in [4.69, 9.17) is 5.11 Å². The fraction of sp³-hybridized carbons (Fsp3) is 0.875. The summed E-state index contributed by atoms with van der Waals surface area (Å²) in [6, 6.07) is -0.732. The number of alkyl halides is 1. The van der Waals surface area contributed by atoms with Crippen molar-refractivity contribution >= 4 is 5.97 Å². The van der Waals surface area contributed by atoms with E-state index in [2.05, 4.69) is 5.32 Å². The first kappa shape index (κ1) is 10.4. The summed E-state index contributed by atoms with van der Waals surface area (Å²) in [7, 11) is 3.55. The van der Waals surface area contributed by atoms with Crippen molar-refractivity contribution in [2.75, 3.05) is 27.2 Å². The number of hydrogen-bond acceptors (Lipinski definition) is 3. The highest BCUT2D eigenvalue weighted by Gasteiger charge is 2.42. The van der Waals surface area contributed by atoms with E-state index in [1.165, 1.54) is 0 Å². The molecular formula is C8H15FN2O2. The van der Waals surface area contributed by atoms with Crippen molar-refractivity contribution < 1.29 is 14.3 Å². The lowest BCUT2D eigenvalue weighted by atomic mass is 10.0. The summed E-state index contributed by atoms with van der Waals surface area (Å²) in [5.74, 6) is -0.974. The molecule has 0 aromatic rings. The zero-order valence-electron chi connectivity index (χ0n) is 7.88. The van der Waals surface area contributed by atoms with Crippen molar-refractivity contribution in [3.05, 3.63) is 0 Å². The van der Waals surface area contributed by atoms with Crippen LogP contribution in [0.25, 0.3) is 0 Å². The van der Waals surface area contributed by atoms with Gasteiger partial charge in [0.1, 0.15) is 11.7 Å². The Morgan fingerprint density at radius 3 is 2.77 bits per heavy atom. The van der Waals surface area contributed by atoms with Gasteiger partial charge in [-0.2, -0.15) is 0 Å². The third kappa shape index (κ3) is 2.63. The van der Waals surface area contributed by atoms with Crippen molar-refractivity contribution in [1.82, 2.24) is 10.2 Å². The molecule has 1 heterocycles. The van der Waals surface area contributed by atoms with Crippen LogP contribution >= 0.6 is 0 Å². The SMILES string of the molecule is CN(C)C[C@]1(F)CN[C@H](C(=O)O)C1. The van der Waals surface area contributed by atoms with E-state index in [1.807, 2.05) is 0 Å². The first-order valence-corrected chi connectivity index (χ1v) is 4.23. The minimum Gasteiger partial charge on any atom is -0.480 e. The van der Waals surface area contributed by atoms with Gasteiger partial charge in [-0.25, -0.2) is 4.39 Å². The van der Waals surface area contributed by atoms with Gasteiger partial charge >= 0.3 is 5.97 Å². The summed E-state index contributed by atoms with van der Waals surface area (Å²) < 4.78 is 13.8. The van der Waals surface area contributed by atoms with Crippen molar-refractivity contribution in [3.8, 4) is 0 Å². The quantitative estimate of drug-likeness (QED) is 0.641. The molecule has 0 aromatic carbocycles.